The molecule has 48 heavy (non-hydrogen) atoms. The topological polar surface area (TPSA) is 36.9 Å². The van der Waals surface area contributed by atoms with E-state index < -0.39 is 16.5 Å². The molecule has 2 atom stereocenters. The lowest BCUT2D eigenvalue weighted by molar-refractivity contribution is 0.0711. The molecule has 0 heterocycles. The Morgan fingerprint density at radius 3 is 1.08 bits per heavy atom. The van der Waals surface area contributed by atoms with Crippen molar-refractivity contribution in [2.45, 2.75) is 29.3 Å². The Morgan fingerprint density at radius 2 is 0.771 bits per heavy atom. The van der Waals surface area contributed by atoms with Gasteiger partial charge in [-0.05, 0) is 157 Å². The predicted octanol–water partition coefficient (Wildman–Crippen LogP) is 16.1. The fourth-order valence-corrected chi connectivity index (χ4v) is 8.47. The molecule has 16 heteroatoms. The van der Waals surface area contributed by atoms with Gasteiger partial charge in [-0.2, -0.15) is 0 Å². The maximum Gasteiger partial charge on any atom is 0.175 e. The Hall–Kier alpha value is 1.84. The van der Waals surface area contributed by atoms with Crippen LogP contribution in [0.25, 0.3) is 0 Å². The lowest BCUT2D eigenvalue weighted by atomic mass is 10.2. The van der Waals surface area contributed by atoms with Crippen LogP contribution in [-0.4, -0.2) is 29.7 Å². The van der Waals surface area contributed by atoms with Gasteiger partial charge in [0.25, 0.3) is 0 Å². The highest BCUT2D eigenvalue weighted by Crippen LogP contribution is 2.49. The molecule has 0 radical (unpaired) electrons. The van der Waals surface area contributed by atoms with Crippen molar-refractivity contribution in [3.8, 4) is 23.0 Å². The molecule has 0 saturated carbocycles. The molecule has 0 bridgehead atoms. The first kappa shape index (κ1) is 44.2. The summed E-state index contributed by atoms with van der Waals surface area (Å²) in [6.07, 6.45) is 0.877. The van der Waals surface area contributed by atoms with E-state index in [-0.39, 0.29) is 0 Å². The summed E-state index contributed by atoms with van der Waals surface area (Å²) in [5.74, 6) is 3.10. The number of alkyl halides is 6. The van der Waals surface area contributed by atoms with Gasteiger partial charge in [0.05, 0.1) is 22.2 Å². The third-order valence-electron chi connectivity index (χ3n) is 5.99. The number of hydrogen-bond acceptors (Lipinski definition) is 4. The summed E-state index contributed by atoms with van der Waals surface area (Å²) < 4.78 is 28.3. The molecule has 0 fully saturated rings. The highest BCUT2D eigenvalue weighted by Gasteiger charge is 2.49. The summed E-state index contributed by atoms with van der Waals surface area (Å²) in [6, 6.07) is 26.9. The van der Waals surface area contributed by atoms with E-state index in [0.29, 0.717) is 13.2 Å². The zero-order valence-electron chi connectivity index (χ0n) is 24.2. The molecule has 0 spiro atoms. The SMILES string of the molecule is BrC(Br)(Br)C(Oc1ccccc1)C(Oc1ccccc1)C(Br)(Br)Br.Brc1ccc(OCCCCOc2ccc(Br)c(Br)c2Br)c(Br)c1Br. The molecule has 4 nitrogen and oxygen atoms in total. The molecular formula is C32H24Br12O4. The minimum Gasteiger partial charge on any atom is -0.492 e. The number of ether oxygens (including phenoxy) is 4. The third kappa shape index (κ3) is 14.6. The molecule has 0 N–H and O–H groups in total. The average molecular weight is 1430 g/mol. The van der Waals surface area contributed by atoms with Crippen molar-refractivity contribution in [2.24, 2.45) is 0 Å². The first-order valence-electron chi connectivity index (χ1n) is 13.7. The number of unbranched alkanes of at least 4 members (excludes halogenated alkanes) is 1. The van der Waals surface area contributed by atoms with Gasteiger partial charge in [0.15, 0.2) is 16.5 Å². The molecule has 4 rings (SSSR count). The summed E-state index contributed by atoms with van der Waals surface area (Å²) in [6.45, 7) is 1.28. The van der Waals surface area contributed by atoms with Crippen LogP contribution in [0.3, 0.4) is 0 Å². The minimum atomic E-state index is -0.719. The van der Waals surface area contributed by atoms with Crippen LogP contribution in [-0.2, 0) is 0 Å². The van der Waals surface area contributed by atoms with E-state index in [2.05, 4.69) is 191 Å². The first-order valence-corrected chi connectivity index (χ1v) is 23.2. The molecule has 0 saturated heterocycles. The highest BCUT2D eigenvalue weighted by atomic mass is 80.0. The van der Waals surface area contributed by atoms with Crippen LogP contribution in [0.5, 0.6) is 23.0 Å². The summed E-state index contributed by atoms with van der Waals surface area (Å²) in [5, 5.41) is 0. The second kappa shape index (κ2) is 21.7. The van der Waals surface area contributed by atoms with Crippen LogP contribution in [0.15, 0.2) is 112 Å². The van der Waals surface area contributed by atoms with Crippen LogP contribution in [0.2, 0.25) is 0 Å². The summed E-state index contributed by atoms with van der Waals surface area (Å²) in [5.41, 5.74) is 0. The van der Waals surface area contributed by atoms with Crippen LogP contribution in [0.1, 0.15) is 12.8 Å². The van der Waals surface area contributed by atoms with Crippen LogP contribution in [0, 0.1) is 0 Å². The van der Waals surface area contributed by atoms with Gasteiger partial charge in [-0.25, -0.2) is 0 Å². The fourth-order valence-electron chi connectivity index (χ4n) is 3.70. The van der Waals surface area contributed by atoms with Crippen LogP contribution >= 0.6 is 191 Å². The van der Waals surface area contributed by atoms with Crippen molar-refractivity contribution in [1.29, 1.82) is 0 Å². The van der Waals surface area contributed by atoms with Crippen molar-refractivity contribution in [2.75, 3.05) is 13.2 Å². The number of para-hydroxylation sites is 2. The second-order valence-electron chi connectivity index (χ2n) is 9.54. The second-order valence-corrected chi connectivity index (χ2v) is 28.3. The van der Waals surface area contributed by atoms with Gasteiger partial charge < -0.3 is 18.9 Å². The molecule has 2 unspecified atom stereocenters. The van der Waals surface area contributed by atoms with E-state index in [1.807, 2.05) is 84.9 Å². The van der Waals surface area contributed by atoms with Crippen LogP contribution < -0.4 is 18.9 Å². The normalized spacial score (nSPS) is 12.8. The third-order valence-corrected chi connectivity index (χ3v) is 15.4. The van der Waals surface area contributed by atoms with E-state index in [1.165, 1.54) is 0 Å². The summed E-state index contributed by atoms with van der Waals surface area (Å²) in [7, 11) is 0. The molecule has 260 valence electrons. The zero-order valence-corrected chi connectivity index (χ0v) is 43.3. The van der Waals surface area contributed by atoms with Gasteiger partial charge in [-0.1, -0.05) is 132 Å². The number of rotatable bonds is 12. The summed E-state index contributed by atoms with van der Waals surface area (Å²) in [4.78, 5) is 0. The predicted molar refractivity (Wildman–Crippen MR) is 240 cm³/mol. The largest absolute Gasteiger partial charge is 0.492 e. The minimum absolute atomic E-state index is 0.474. The Balaban J connectivity index is 0.000000260. The van der Waals surface area contributed by atoms with E-state index in [0.717, 1.165) is 62.7 Å². The van der Waals surface area contributed by atoms with Crippen molar-refractivity contribution in [1.82, 2.24) is 0 Å². The Kier molecular flexibility index (Phi) is 20.0. The van der Waals surface area contributed by atoms with Gasteiger partial charge in [-0.15, -0.1) is 0 Å². The van der Waals surface area contributed by atoms with Gasteiger partial charge in [-0.3, -0.25) is 0 Å². The lowest BCUT2D eigenvalue weighted by Crippen LogP contribution is -2.51. The van der Waals surface area contributed by atoms with Gasteiger partial charge >= 0.3 is 0 Å². The van der Waals surface area contributed by atoms with Gasteiger partial charge in [0, 0.05) is 17.9 Å². The molecule has 0 amide bonds. The molecule has 4 aromatic rings. The highest BCUT2D eigenvalue weighted by molar-refractivity contribution is 9.40. The standard InChI is InChI=1S/2C16H12Br6O2/c17-15(18,19)13(23-11-7-3-1-4-8-11)14(16(20,21)22)24-12-9-5-2-6-10-12;17-9-3-5-11(15(21)13(9)19)23-7-1-2-8-24-12-6-4-10(18)14(20)16(12)22/h1-10,13-14H;3-6H,1-2,7-8H2. The smallest absolute Gasteiger partial charge is 0.175 e. The maximum atomic E-state index is 6.18. The van der Waals surface area contributed by atoms with Crippen molar-refractivity contribution < 1.29 is 18.9 Å². The Labute approximate surface area is 381 Å². The monoisotopic (exact) mass is 1420 g/mol. The molecule has 0 aliphatic carbocycles. The fraction of sp³-hybridized carbons (Fsp3) is 0.250. The zero-order chi connectivity index (χ0) is 35.5. The lowest BCUT2D eigenvalue weighted by Gasteiger charge is -2.37. The molecule has 0 aliphatic rings. The number of benzene rings is 4. The number of halogens is 12. The van der Waals surface area contributed by atoms with Crippen molar-refractivity contribution in [3.63, 3.8) is 0 Å². The quantitative estimate of drug-likeness (QED) is 0.0805. The van der Waals surface area contributed by atoms with Crippen molar-refractivity contribution >= 4 is 191 Å². The molecular weight excluding hydrogens is 1410 g/mol. The van der Waals surface area contributed by atoms with Gasteiger partial charge in [0.2, 0.25) is 0 Å². The molecule has 4 aromatic carbocycles. The Morgan fingerprint density at radius 1 is 0.438 bits per heavy atom. The average Bonchev–Trinajstić information content (AvgIpc) is 3.04. The van der Waals surface area contributed by atoms with Crippen LogP contribution in [0.4, 0.5) is 0 Å². The molecule has 0 aromatic heterocycles. The van der Waals surface area contributed by atoms with E-state index in [4.69, 9.17) is 18.9 Å². The number of hydrogen-bond donors (Lipinski definition) is 0. The maximum absolute atomic E-state index is 6.18. The van der Waals surface area contributed by atoms with E-state index in [9.17, 15) is 0 Å². The van der Waals surface area contributed by atoms with E-state index in [1.54, 1.807) is 0 Å². The Bertz CT molecular complexity index is 1460. The van der Waals surface area contributed by atoms with Gasteiger partial charge in [0.1, 0.15) is 23.0 Å². The first-order chi connectivity index (χ1) is 22.6. The summed E-state index contributed by atoms with van der Waals surface area (Å²) >= 11 is 42.4. The van der Waals surface area contributed by atoms with Crippen molar-refractivity contribution in [3.05, 3.63) is 112 Å². The molecule has 0 aliphatic heterocycles. The van der Waals surface area contributed by atoms with E-state index >= 15 is 0 Å².